The highest BCUT2D eigenvalue weighted by Gasteiger charge is 2.13. The van der Waals surface area contributed by atoms with E-state index >= 15 is 0 Å². The Labute approximate surface area is 198 Å². The molecule has 0 saturated carbocycles. The van der Waals surface area contributed by atoms with Gasteiger partial charge in [0.2, 0.25) is 5.95 Å². The van der Waals surface area contributed by atoms with Crippen molar-refractivity contribution in [3.63, 3.8) is 0 Å². The van der Waals surface area contributed by atoms with Crippen molar-refractivity contribution in [2.75, 3.05) is 12.4 Å². The zero-order chi connectivity index (χ0) is 24.2. The third-order valence-corrected chi connectivity index (χ3v) is 5.65. The molecular weight excluding hydrogens is 430 g/mol. The third-order valence-electron chi connectivity index (χ3n) is 5.65. The molecule has 2 heterocycles. The lowest BCUT2D eigenvalue weighted by Crippen LogP contribution is -2.22. The second-order valence-corrected chi connectivity index (χ2v) is 8.31. The van der Waals surface area contributed by atoms with Gasteiger partial charge in [-0.25, -0.2) is 10.5 Å². The molecule has 2 N–H and O–H groups in total. The van der Waals surface area contributed by atoms with Gasteiger partial charge in [-0.3, -0.25) is 14.6 Å². The van der Waals surface area contributed by atoms with E-state index in [1.165, 1.54) is 24.4 Å². The minimum Gasteiger partial charge on any atom is -0.457 e. The summed E-state index contributed by atoms with van der Waals surface area (Å²) in [4.78, 5) is 25.4. The number of pyridine rings is 1. The molecule has 0 radical (unpaired) electrons. The lowest BCUT2D eigenvalue weighted by molar-refractivity contribution is 0.0532. The van der Waals surface area contributed by atoms with Crippen LogP contribution in [-0.4, -0.2) is 27.6 Å². The van der Waals surface area contributed by atoms with Gasteiger partial charge in [0, 0.05) is 31.1 Å². The summed E-state index contributed by atoms with van der Waals surface area (Å²) < 4.78 is 7.98. The van der Waals surface area contributed by atoms with E-state index in [2.05, 4.69) is 59.6 Å². The second kappa shape index (κ2) is 9.93. The number of hydrogen-bond donors (Lipinski definition) is 2. The molecule has 34 heavy (non-hydrogen) atoms. The summed E-state index contributed by atoms with van der Waals surface area (Å²) in [5, 5.41) is 3.46. The normalized spacial score (nSPS) is 11.1. The molecule has 4 rings (SSSR count). The Balaban J connectivity index is 1.58. The number of hydrogen-bond acceptors (Lipinski definition) is 6. The van der Waals surface area contributed by atoms with Gasteiger partial charge in [0.1, 0.15) is 17.2 Å². The first kappa shape index (κ1) is 23.3. The summed E-state index contributed by atoms with van der Waals surface area (Å²) in [5.41, 5.74) is 7.93. The monoisotopic (exact) mass is 459 g/mol. The molecule has 8 nitrogen and oxygen atoms in total. The van der Waals surface area contributed by atoms with Crippen molar-refractivity contribution in [2.24, 2.45) is 7.05 Å². The van der Waals surface area contributed by atoms with E-state index in [-0.39, 0.29) is 5.69 Å². The van der Waals surface area contributed by atoms with Crippen molar-refractivity contribution in [2.45, 2.75) is 33.1 Å². The highest BCUT2D eigenvalue weighted by molar-refractivity contribution is 5.91. The first-order chi connectivity index (χ1) is 16.4. The maximum Gasteiger partial charge on any atom is 0.293 e. The van der Waals surface area contributed by atoms with E-state index in [9.17, 15) is 4.79 Å². The van der Waals surface area contributed by atoms with E-state index < -0.39 is 5.91 Å². The Bertz CT molecular complexity index is 1330. The highest BCUT2D eigenvalue weighted by atomic mass is 16.6. The predicted molar refractivity (Wildman–Crippen MR) is 133 cm³/mol. The average molecular weight is 460 g/mol. The number of imidazole rings is 1. The van der Waals surface area contributed by atoms with Gasteiger partial charge in [0.15, 0.2) is 0 Å². The molecule has 0 unspecified atom stereocenters. The second-order valence-electron chi connectivity index (χ2n) is 8.31. The van der Waals surface area contributed by atoms with Gasteiger partial charge in [-0.05, 0) is 53.8 Å². The number of aromatic nitrogens is 3. The fraction of sp³-hybridized carbons (Fsp3) is 0.269. The first-order valence-corrected chi connectivity index (χ1v) is 11.2. The summed E-state index contributed by atoms with van der Waals surface area (Å²) in [6.45, 7) is 6.61. The zero-order valence-corrected chi connectivity index (χ0v) is 20.0. The number of aryl methyl sites for hydroxylation is 2. The van der Waals surface area contributed by atoms with Crippen LogP contribution in [0.2, 0.25) is 0 Å². The van der Waals surface area contributed by atoms with Crippen molar-refractivity contribution < 1.29 is 14.4 Å². The molecule has 0 saturated heterocycles. The maximum absolute atomic E-state index is 11.9. The Morgan fingerprint density at radius 2 is 1.88 bits per heavy atom. The van der Waals surface area contributed by atoms with Crippen LogP contribution in [0.5, 0.6) is 11.5 Å². The van der Waals surface area contributed by atoms with Crippen molar-refractivity contribution in [3.05, 3.63) is 71.5 Å². The highest BCUT2D eigenvalue weighted by Crippen LogP contribution is 2.30. The van der Waals surface area contributed by atoms with Crippen molar-refractivity contribution in [3.8, 4) is 11.5 Å². The Hall–Kier alpha value is -3.91. The number of ether oxygens (including phenoxy) is 1. The smallest absolute Gasteiger partial charge is 0.293 e. The van der Waals surface area contributed by atoms with Gasteiger partial charge in [0.25, 0.3) is 5.91 Å². The molecule has 0 bridgehead atoms. The minimum absolute atomic E-state index is 0.194. The number of nitrogens with one attached hydrogen (secondary N) is 2. The number of carbonyl (C=O) groups is 1. The van der Waals surface area contributed by atoms with E-state index in [0.717, 1.165) is 29.1 Å². The van der Waals surface area contributed by atoms with Gasteiger partial charge in [-0.2, -0.15) is 0 Å². The largest absolute Gasteiger partial charge is 0.457 e. The Kier molecular flexibility index (Phi) is 6.79. The zero-order valence-electron chi connectivity index (χ0n) is 20.0. The third kappa shape index (κ3) is 4.87. The van der Waals surface area contributed by atoms with Crippen LogP contribution in [0.3, 0.4) is 0 Å². The summed E-state index contributed by atoms with van der Waals surface area (Å²) in [7, 11) is 3.35. The number of nitrogens with zero attached hydrogens (tertiary/aromatic N) is 3. The summed E-state index contributed by atoms with van der Waals surface area (Å²) in [6, 6.07) is 15.4. The molecule has 0 aliphatic carbocycles. The van der Waals surface area contributed by atoms with E-state index in [4.69, 9.17) is 9.72 Å². The van der Waals surface area contributed by atoms with Crippen LogP contribution >= 0.6 is 0 Å². The van der Waals surface area contributed by atoms with E-state index in [1.54, 1.807) is 12.1 Å². The topological polar surface area (TPSA) is 90.3 Å². The van der Waals surface area contributed by atoms with Crippen LogP contribution in [0.4, 0.5) is 11.6 Å². The molecule has 0 aliphatic heterocycles. The average Bonchev–Trinajstić information content (AvgIpc) is 3.13. The summed E-state index contributed by atoms with van der Waals surface area (Å²) in [6.07, 6.45) is 2.52. The molecule has 4 aromatic rings. The lowest BCUT2D eigenvalue weighted by Gasteiger charge is -2.14. The number of carbonyl (C=O) groups excluding carboxylic acids is 1. The molecule has 0 aliphatic rings. The number of hydroxylamine groups is 1. The first-order valence-electron chi connectivity index (χ1n) is 11.2. The van der Waals surface area contributed by atoms with Crippen molar-refractivity contribution in [1.82, 2.24) is 20.0 Å². The van der Waals surface area contributed by atoms with Gasteiger partial charge >= 0.3 is 0 Å². The molecular formula is C26H29N5O3. The summed E-state index contributed by atoms with van der Waals surface area (Å²) >= 11 is 0. The molecule has 2 aromatic heterocycles. The van der Waals surface area contributed by atoms with Crippen molar-refractivity contribution >= 4 is 28.6 Å². The number of benzene rings is 2. The van der Waals surface area contributed by atoms with Crippen LogP contribution in [0, 0.1) is 0 Å². The predicted octanol–water partition coefficient (Wildman–Crippen LogP) is 5.48. The molecule has 0 spiro atoms. The van der Waals surface area contributed by atoms with E-state index in [1.807, 2.05) is 29.8 Å². The van der Waals surface area contributed by atoms with Crippen LogP contribution < -0.4 is 15.5 Å². The number of rotatable bonds is 8. The minimum atomic E-state index is -0.448. The van der Waals surface area contributed by atoms with Crippen LogP contribution in [0.25, 0.3) is 11.0 Å². The number of fused-ring (bicyclic) bond motifs is 1. The standard InChI is InChI=1S/C26H29N5O3/c1-6-17-7-8-18(13-21(17)16(2)3)28-26-29-22-14-19(9-10-24(22)31(26)4)34-20-11-12-27-23(15-20)25(32)30-33-5/h7-16H,6H2,1-5H3,(H,28,29)(H,30,32). The molecule has 1 amide bonds. The maximum atomic E-state index is 11.9. The molecule has 0 fully saturated rings. The van der Waals surface area contributed by atoms with Gasteiger partial charge in [-0.1, -0.05) is 26.8 Å². The molecule has 8 heteroatoms. The Morgan fingerprint density at radius 1 is 1.09 bits per heavy atom. The SMILES string of the molecule is CCc1ccc(Nc2nc3cc(Oc4ccnc(C(=O)NOC)c4)ccc3n2C)cc1C(C)C. The summed E-state index contributed by atoms with van der Waals surface area (Å²) in [5.74, 6) is 1.84. The fourth-order valence-electron chi connectivity index (χ4n) is 3.90. The van der Waals surface area contributed by atoms with Gasteiger partial charge in [-0.15, -0.1) is 0 Å². The number of amides is 1. The van der Waals surface area contributed by atoms with Gasteiger partial charge < -0.3 is 14.6 Å². The lowest BCUT2D eigenvalue weighted by atomic mass is 9.95. The van der Waals surface area contributed by atoms with E-state index in [0.29, 0.717) is 17.4 Å². The van der Waals surface area contributed by atoms with Crippen LogP contribution in [-0.2, 0) is 18.3 Å². The number of anilines is 2. The fourth-order valence-corrected chi connectivity index (χ4v) is 3.90. The molecule has 0 atom stereocenters. The molecule has 2 aromatic carbocycles. The molecule has 176 valence electrons. The van der Waals surface area contributed by atoms with Crippen LogP contribution in [0.1, 0.15) is 48.3 Å². The Morgan fingerprint density at radius 3 is 2.62 bits per heavy atom. The quantitative estimate of drug-likeness (QED) is 0.339. The van der Waals surface area contributed by atoms with Crippen molar-refractivity contribution in [1.29, 1.82) is 0 Å². The van der Waals surface area contributed by atoms with Crippen LogP contribution in [0.15, 0.2) is 54.7 Å². The van der Waals surface area contributed by atoms with Gasteiger partial charge in [0.05, 0.1) is 18.1 Å².